The van der Waals surface area contributed by atoms with Crippen LogP contribution in [0.4, 0.5) is 0 Å². The van der Waals surface area contributed by atoms with E-state index in [4.69, 9.17) is 69.1 Å². The molecule has 6 aromatic carbocycles. The van der Waals surface area contributed by atoms with Crippen LogP contribution in [0.2, 0.25) is 0 Å². The minimum atomic E-state index is -4.67. The monoisotopic (exact) mass is 1090 g/mol. The summed E-state index contributed by atoms with van der Waals surface area (Å²) in [6.45, 7) is -1.37. The van der Waals surface area contributed by atoms with Crippen LogP contribution in [0.15, 0.2) is 146 Å². The van der Waals surface area contributed by atoms with Gasteiger partial charge in [-0.05, 0) is 86.5 Å². The molecule has 4 aliphatic rings. The summed E-state index contributed by atoms with van der Waals surface area (Å²) in [5.74, 6) is 1.80. The first kappa shape index (κ1) is 53.3. The number of methoxy groups -OCH3 is 3. The SMILES string of the molecule is COc1ccc(COC2C(OP3(=O)OCc4ccccc4CO3)C(OCc3ccc(OC)cc3)C(OP3(=O)OCc4ccccc4CO3)C(OCc3ccc(OC)cc3)C2OP2(=O)OCc3ccccc3CO2)cc1. The molecule has 0 aromatic heterocycles. The molecule has 0 amide bonds. The molecule has 1 saturated carbocycles. The average molecular weight is 1090 g/mol. The molecule has 6 aromatic rings. The van der Waals surface area contributed by atoms with Crippen LogP contribution in [-0.4, -0.2) is 58.0 Å². The van der Waals surface area contributed by atoms with Gasteiger partial charge >= 0.3 is 23.5 Å². The van der Waals surface area contributed by atoms with Crippen molar-refractivity contribution < 1.29 is 82.8 Å². The number of benzene rings is 6. The van der Waals surface area contributed by atoms with Gasteiger partial charge in [0.05, 0.1) is 80.8 Å². The Morgan fingerprint density at radius 1 is 0.333 bits per heavy atom. The minimum Gasteiger partial charge on any atom is -0.497 e. The zero-order chi connectivity index (χ0) is 51.8. The van der Waals surface area contributed by atoms with Crippen molar-refractivity contribution in [3.05, 3.63) is 196 Å². The molecule has 396 valence electrons. The standard InChI is InChI=1S/C54H57O18P3/c1-58-46-22-16-37(17-23-46)28-61-49-52(70-73(55)64-31-40-10-4-5-11-41(40)32-65-73)50(62-29-38-18-24-47(59-2)25-19-38)54(72-75(57)68-35-44-14-8-9-15-45(44)36-69-75)51(63-30-39-20-26-48(60-3)27-21-39)53(49)71-74(56)66-33-42-12-6-7-13-43(42)34-67-74/h4-27,49-54H,28-36H2,1-3H3. The fourth-order valence-corrected chi connectivity index (χ4v) is 12.9. The van der Waals surface area contributed by atoms with Gasteiger partial charge < -0.3 is 28.4 Å². The Labute approximate surface area is 435 Å². The van der Waals surface area contributed by atoms with Crippen LogP contribution in [0, 0.1) is 0 Å². The van der Waals surface area contributed by atoms with Crippen LogP contribution >= 0.6 is 23.5 Å². The van der Waals surface area contributed by atoms with Gasteiger partial charge in [-0.15, -0.1) is 0 Å². The van der Waals surface area contributed by atoms with Gasteiger partial charge in [0.25, 0.3) is 0 Å². The second-order valence-corrected chi connectivity index (χ2v) is 22.7. The van der Waals surface area contributed by atoms with Crippen molar-refractivity contribution in [2.75, 3.05) is 21.3 Å². The van der Waals surface area contributed by atoms with Crippen molar-refractivity contribution >= 4 is 23.5 Å². The molecule has 21 heteroatoms. The lowest BCUT2D eigenvalue weighted by molar-refractivity contribution is -0.254. The van der Waals surface area contributed by atoms with E-state index in [-0.39, 0.29) is 59.5 Å². The molecule has 0 N–H and O–H groups in total. The van der Waals surface area contributed by atoms with Crippen molar-refractivity contribution in [2.45, 2.75) is 96.1 Å². The second kappa shape index (κ2) is 24.1. The van der Waals surface area contributed by atoms with Gasteiger partial charge in [0.15, 0.2) is 0 Å². The fraction of sp³-hybridized carbons (Fsp3) is 0.333. The van der Waals surface area contributed by atoms with Gasteiger partial charge in [-0.2, -0.15) is 0 Å². The van der Waals surface area contributed by atoms with Crippen molar-refractivity contribution in [3.8, 4) is 17.2 Å². The number of phosphoric acid groups is 3. The maximum atomic E-state index is 15.3. The zero-order valence-electron chi connectivity index (χ0n) is 41.4. The first-order chi connectivity index (χ1) is 36.5. The van der Waals surface area contributed by atoms with Crippen molar-refractivity contribution in [2.24, 2.45) is 0 Å². The number of rotatable bonds is 18. The van der Waals surface area contributed by atoms with Crippen molar-refractivity contribution in [3.63, 3.8) is 0 Å². The molecule has 0 radical (unpaired) electrons. The van der Waals surface area contributed by atoms with E-state index < -0.39 is 60.1 Å². The van der Waals surface area contributed by atoms with E-state index in [0.717, 1.165) is 33.4 Å². The Kier molecular flexibility index (Phi) is 17.1. The van der Waals surface area contributed by atoms with Crippen LogP contribution < -0.4 is 14.2 Å². The summed E-state index contributed by atoms with van der Waals surface area (Å²) in [6, 6.07) is 43.4. The van der Waals surface area contributed by atoms with E-state index in [9.17, 15) is 0 Å². The van der Waals surface area contributed by atoms with Crippen LogP contribution in [0.25, 0.3) is 0 Å². The van der Waals surface area contributed by atoms with Crippen LogP contribution in [-0.2, 0) is 128 Å². The van der Waals surface area contributed by atoms with E-state index in [1.54, 1.807) is 94.1 Å². The van der Waals surface area contributed by atoms with E-state index >= 15 is 13.7 Å². The Morgan fingerprint density at radius 3 is 0.747 bits per heavy atom. The number of hydrogen-bond donors (Lipinski definition) is 0. The fourth-order valence-electron chi connectivity index (χ4n) is 8.94. The van der Waals surface area contributed by atoms with E-state index in [1.165, 1.54) is 0 Å². The molecular weight excluding hydrogens is 1030 g/mol. The summed E-state index contributed by atoms with van der Waals surface area (Å²) < 4.78 is 140. The minimum absolute atomic E-state index is 0.145. The lowest BCUT2D eigenvalue weighted by Crippen LogP contribution is -2.67. The zero-order valence-corrected chi connectivity index (χ0v) is 44.1. The summed E-state index contributed by atoms with van der Waals surface area (Å²) in [6.07, 6.45) is -9.38. The molecule has 0 unspecified atom stereocenters. The first-order valence-corrected chi connectivity index (χ1v) is 28.6. The molecule has 10 rings (SSSR count). The molecule has 0 atom stereocenters. The number of hydrogen-bond acceptors (Lipinski definition) is 18. The van der Waals surface area contributed by atoms with Crippen molar-refractivity contribution in [1.29, 1.82) is 0 Å². The molecule has 1 aliphatic carbocycles. The van der Waals surface area contributed by atoms with E-state index in [1.807, 2.05) is 72.8 Å². The summed E-state index contributed by atoms with van der Waals surface area (Å²) in [4.78, 5) is 0. The first-order valence-electron chi connectivity index (χ1n) is 24.2. The van der Waals surface area contributed by atoms with Gasteiger partial charge in [-0.25, -0.2) is 13.7 Å². The lowest BCUT2D eigenvalue weighted by Gasteiger charge is -2.49. The van der Waals surface area contributed by atoms with Crippen LogP contribution in [0.3, 0.4) is 0 Å². The highest BCUT2D eigenvalue weighted by molar-refractivity contribution is 7.49. The predicted octanol–water partition coefficient (Wildman–Crippen LogP) is 11.5. The number of phosphoric ester groups is 3. The largest absolute Gasteiger partial charge is 0.497 e. The lowest BCUT2D eigenvalue weighted by atomic mass is 9.84. The molecule has 0 spiro atoms. The Hall–Kier alpha value is -5.07. The molecule has 0 bridgehead atoms. The second-order valence-electron chi connectivity index (χ2n) is 17.9. The Balaban J connectivity index is 1.12. The van der Waals surface area contributed by atoms with E-state index in [2.05, 4.69) is 0 Å². The highest BCUT2D eigenvalue weighted by Gasteiger charge is 2.61. The third kappa shape index (κ3) is 13.0. The third-order valence-corrected chi connectivity index (χ3v) is 17.3. The summed E-state index contributed by atoms with van der Waals surface area (Å²) in [5.41, 5.74) is 6.32. The molecule has 75 heavy (non-hydrogen) atoms. The van der Waals surface area contributed by atoms with Gasteiger partial charge in [0.1, 0.15) is 53.9 Å². The van der Waals surface area contributed by atoms with Crippen LogP contribution in [0.1, 0.15) is 50.1 Å². The summed E-state index contributed by atoms with van der Waals surface area (Å²) >= 11 is 0. The average Bonchev–Trinajstić information content (AvgIpc) is 3.82. The predicted molar refractivity (Wildman–Crippen MR) is 270 cm³/mol. The normalized spacial score (nSPS) is 23.7. The smallest absolute Gasteiger partial charge is 0.475 e. The van der Waals surface area contributed by atoms with Crippen molar-refractivity contribution in [1.82, 2.24) is 0 Å². The molecule has 3 heterocycles. The molecule has 18 nitrogen and oxygen atoms in total. The number of fused-ring (bicyclic) bond motifs is 3. The quantitative estimate of drug-likeness (QED) is 0.0738. The molecule has 1 fully saturated rings. The maximum Gasteiger partial charge on any atom is 0.475 e. The highest BCUT2D eigenvalue weighted by Crippen LogP contribution is 2.61. The summed E-state index contributed by atoms with van der Waals surface area (Å²) in [7, 11) is -9.34. The molecular formula is C54H57O18P3. The van der Waals surface area contributed by atoms with Gasteiger partial charge in [0.2, 0.25) is 0 Å². The van der Waals surface area contributed by atoms with E-state index in [0.29, 0.717) is 33.9 Å². The van der Waals surface area contributed by atoms with Crippen LogP contribution in [0.5, 0.6) is 17.2 Å². The molecule has 0 saturated heterocycles. The third-order valence-electron chi connectivity index (χ3n) is 13.1. The Bertz CT molecular complexity index is 2590. The van der Waals surface area contributed by atoms with Gasteiger partial charge in [0, 0.05) is 0 Å². The maximum absolute atomic E-state index is 15.3. The Morgan fingerprint density at radius 2 is 0.547 bits per heavy atom. The highest BCUT2D eigenvalue weighted by atomic mass is 31.2. The van der Waals surface area contributed by atoms with Gasteiger partial charge in [-0.3, -0.25) is 40.7 Å². The van der Waals surface area contributed by atoms with Gasteiger partial charge in [-0.1, -0.05) is 109 Å². The summed E-state index contributed by atoms with van der Waals surface area (Å²) in [5, 5.41) is 0. The number of ether oxygens (including phenoxy) is 6. The topological polar surface area (TPSA) is 190 Å². The molecule has 3 aliphatic heterocycles.